The lowest BCUT2D eigenvalue weighted by Crippen LogP contribution is -2.13. The standard InChI is InChI=1S/C11H19N3O2/c1-9-7-10(12)8-14-11(9)13-3-4-16-6-5-15-2/h7-8H,3-6,12H2,1-2H3,(H,13,14). The van der Waals surface area contributed by atoms with E-state index in [-0.39, 0.29) is 0 Å². The fourth-order valence-corrected chi connectivity index (χ4v) is 1.27. The van der Waals surface area contributed by atoms with Gasteiger partial charge in [0.05, 0.1) is 31.7 Å². The predicted octanol–water partition coefficient (Wildman–Crippen LogP) is 1.05. The van der Waals surface area contributed by atoms with Gasteiger partial charge in [-0.3, -0.25) is 0 Å². The summed E-state index contributed by atoms with van der Waals surface area (Å²) >= 11 is 0. The molecule has 0 amide bonds. The molecular formula is C11H19N3O2. The van der Waals surface area contributed by atoms with Gasteiger partial charge in [0.1, 0.15) is 5.82 Å². The highest BCUT2D eigenvalue weighted by molar-refractivity contribution is 5.50. The number of nitrogens with two attached hydrogens (primary N) is 1. The summed E-state index contributed by atoms with van der Waals surface area (Å²) in [6, 6.07) is 1.89. The van der Waals surface area contributed by atoms with Crippen molar-refractivity contribution < 1.29 is 9.47 Å². The van der Waals surface area contributed by atoms with E-state index >= 15 is 0 Å². The van der Waals surface area contributed by atoms with Gasteiger partial charge in [-0.2, -0.15) is 0 Å². The average Bonchev–Trinajstić information content (AvgIpc) is 2.26. The Morgan fingerprint density at radius 1 is 1.38 bits per heavy atom. The number of pyridine rings is 1. The molecular weight excluding hydrogens is 206 g/mol. The minimum Gasteiger partial charge on any atom is -0.397 e. The molecule has 0 aliphatic rings. The Bertz CT molecular complexity index is 318. The highest BCUT2D eigenvalue weighted by Gasteiger charge is 1.98. The lowest BCUT2D eigenvalue weighted by Gasteiger charge is -2.09. The molecule has 0 aromatic carbocycles. The first-order valence-corrected chi connectivity index (χ1v) is 5.26. The van der Waals surface area contributed by atoms with Crippen LogP contribution >= 0.6 is 0 Å². The van der Waals surface area contributed by atoms with Crippen LogP contribution in [0.25, 0.3) is 0 Å². The zero-order chi connectivity index (χ0) is 11.8. The third-order valence-corrected chi connectivity index (χ3v) is 2.07. The van der Waals surface area contributed by atoms with Gasteiger partial charge in [0, 0.05) is 13.7 Å². The summed E-state index contributed by atoms with van der Waals surface area (Å²) in [5.74, 6) is 0.851. The van der Waals surface area contributed by atoms with Crippen molar-refractivity contribution in [1.82, 2.24) is 4.98 Å². The zero-order valence-electron chi connectivity index (χ0n) is 9.82. The number of nitrogen functional groups attached to an aromatic ring is 1. The van der Waals surface area contributed by atoms with Crippen LogP contribution in [0.1, 0.15) is 5.56 Å². The van der Waals surface area contributed by atoms with Crippen molar-refractivity contribution in [1.29, 1.82) is 0 Å². The molecule has 0 atom stereocenters. The number of nitrogens with zero attached hydrogens (tertiary/aromatic N) is 1. The molecule has 0 aliphatic carbocycles. The average molecular weight is 225 g/mol. The van der Waals surface area contributed by atoms with E-state index in [9.17, 15) is 0 Å². The third kappa shape index (κ3) is 4.46. The van der Waals surface area contributed by atoms with Crippen LogP contribution in [0.15, 0.2) is 12.3 Å². The number of hydrogen-bond acceptors (Lipinski definition) is 5. The van der Waals surface area contributed by atoms with Crippen LogP contribution in [-0.4, -0.2) is 38.5 Å². The van der Waals surface area contributed by atoms with Gasteiger partial charge < -0.3 is 20.5 Å². The van der Waals surface area contributed by atoms with Crippen LogP contribution in [-0.2, 0) is 9.47 Å². The minimum absolute atomic E-state index is 0.617. The van der Waals surface area contributed by atoms with E-state index in [2.05, 4.69) is 10.3 Å². The number of aromatic nitrogens is 1. The maximum atomic E-state index is 5.61. The molecule has 0 spiro atoms. The third-order valence-electron chi connectivity index (χ3n) is 2.07. The Morgan fingerprint density at radius 3 is 2.88 bits per heavy atom. The normalized spacial score (nSPS) is 10.4. The quantitative estimate of drug-likeness (QED) is 0.679. The lowest BCUT2D eigenvalue weighted by molar-refractivity contribution is 0.0759. The van der Waals surface area contributed by atoms with E-state index in [1.807, 2.05) is 13.0 Å². The summed E-state index contributed by atoms with van der Waals surface area (Å²) in [5, 5.41) is 3.18. The van der Waals surface area contributed by atoms with Gasteiger partial charge in [0.2, 0.25) is 0 Å². The molecule has 0 fully saturated rings. The van der Waals surface area contributed by atoms with Gasteiger partial charge in [0.15, 0.2) is 0 Å². The molecule has 0 unspecified atom stereocenters. The molecule has 0 aliphatic heterocycles. The fourth-order valence-electron chi connectivity index (χ4n) is 1.27. The summed E-state index contributed by atoms with van der Waals surface area (Å²) in [4.78, 5) is 4.20. The first-order valence-electron chi connectivity index (χ1n) is 5.26. The molecule has 0 radical (unpaired) electrons. The molecule has 16 heavy (non-hydrogen) atoms. The molecule has 0 saturated carbocycles. The highest BCUT2D eigenvalue weighted by Crippen LogP contribution is 2.13. The van der Waals surface area contributed by atoms with Crippen molar-refractivity contribution in [3.8, 4) is 0 Å². The van der Waals surface area contributed by atoms with E-state index < -0.39 is 0 Å². The number of ether oxygens (including phenoxy) is 2. The zero-order valence-corrected chi connectivity index (χ0v) is 9.82. The highest BCUT2D eigenvalue weighted by atomic mass is 16.5. The Morgan fingerprint density at radius 2 is 2.19 bits per heavy atom. The van der Waals surface area contributed by atoms with Crippen molar-refractivity contribution in [2.75, 3.05) is 44.5 Å². The first kappa shape index (κ1) is 12.7. The predicted molar refractivity (Wildman–Crippen MR) is 64.6 cm³/mol. The van der Waals surface area contributed by atoms with Crippen LogP contribution in [0.3, 0.4) is 0 Å². The van der Waals surface area contributed by atoms with Crippen LogP contribution < -0.4 is 11.1 Å². The van der Waals surface area contributed by atoms with Crippen molar-refractivity contribution in [3.63, 3.8) is 0 Å². The second-order valence-corrected chi connectivity index (χ2v) is 3.47. The summed E-state index contributed by atoms with van der Waals surface area (Å²) in [7, 11) is 1.66. The van der Waals surface area contributed by atoms with Crippen LogP contribution in [0.2, 0.25) is 0 Å². The van der Waals surface area contributed by atoms with Crippen molar-refractivity contribution in [2.24, 2.45) is 0 Å². The van der Waals surface area contributed by atoms with E-state index in [0.29, 0.717) is 25.5 Å². The van der Waals surface area contributed by atoms with Crippen molar-refractivity contribution >= 4 is 11.5 Å². The molecule has 1 heterocycles. The largest absolute Gasteiger partial charge is 0.397 e. The van der Waals surface area contributed by atoms with Gasteiger partial charge in [-0.15, -0.1) is 0 Å². The molecule has 0 bridgehead atoms. The van der Waals surface area contributed by atoms with Gasteiger partial charge in [-0.05, 0) is 18.6 Å². The molecule has 90 valence electrons. The number of methoxy groups -OCH3 is 1. The van der Waals surface area contributed by atoms with Gasteiger partial charge >= 0.3 is 0 Å². The Kier molecular flexibility index (Phi) is 5.60. The van der Waals surface area contributed by atoms with Gasteiger partial charge in [-0.25, -0.2) is 4.98 Å². The van der Waals surface area contributed by atoms with Crippen LogP contribution in [0, 0.1) is 6.92 Å². The maximum Gasteiger partial charge on any atom is 0.129 e. The molecule has 1 rings (SSSR count). The fraction of sp³-hybridized carbons (Fsp3) is 0.545. The summed E-state index contributed by atoms with van der Waals surface area (Å²) in [6.45, 7) is 4.57. The lowest BCUT2D eigenvalue weighted by atomic mass is 10.2. The smallest absolute Gasteiger partial charge is 0.129 e. The van der Waals surface area contributed by atoms with Crippen molar-refractivity contribution in [3.05, 3.63) is 17.8 Å². The van der Waals surface area contributed by atoms with Crippen LogP contribution in [0.4, 0.5) is 11.5 Å². The summed E-state index contributed by atoms with van der Waals surface area (Å²) in [6.07, 6.45) is 1.64. The summed E-state index contributed by atoms with van der Waals surface area (Å²) in [5.41, 5.74) is 7.33. The number of rotatable bonds is 7. The van der Waals surface area contributed by atoms with E-state index in [1.165, 1.54) is 0 Å². The Balaban J connectivity index is 2.21. The number of nitrogens with one attached hydrogen (secondary N) is 1. The maximum absolute atomic E-state index is 5.61. The van der Waals surface area contributed by atoms with E-state index in [1.54, 1.807) is 13.3 Å². The van der Waals surface area contributed by atoms with E-state index in [0.717, 1.165) is 17.9 Å². The molecule has 1 aromatic rings. The van der Waals surface area contributed by atoms with Crippen LogP contribution in [0.5, 0.6) is 0 Å². The summed E-state index contributed by atoms with van der Waals surface area (Å²) < 4.78 is 10.2. The van der Waals surface area contributed by atoms with Gasteiger partial charge in [0.25, 0.3) is 0 Å². The molecule has 5 heteroatoms. The second-order valence-electron chi connectivity index (χ2n) is 3.47. The number of anilines is 2. The van der Waals surface area contributed by atoms with Gasteiger partial charge in [-0.1, -0.05) is 0 Å². The number of aryl methyl sites for hydroxylation is 1. The second kappa shape index (κ2) is 7.03. The molecule has 3 N–H and O–H groups in total. The molecule has 0 saturated heterocycles. The monoisotopic (exact) mass is 225 g/mol. The molecule has 5 nitrogen and oxygen atoms in total. The Labute approximate surface area is 96.0 Å². The Hall–Kier alpha value is -1.33. The minimum atomic E-state index is 0.617. The topological polar surface area (TPSA) is 69.4 Å². The van der Waals surface area contributed by atoms with Crippen molar-refractivity contribution in [2.45, 2.75) is 6.92 Å². The van der Waals surface area contributed by atoms with E-state index in [4.69, 9.17) is 15.2 Å². The molecule has 1 aromatic heterocycles. The first-order chi connectivity index (χ1) is 7.74. The SMILES string of the molecule is COCCOCCNc1ncc(N)cc1C. The number of hydrogen-bond donors (Lipinski definition) is 2.